The topological polar surface area (TPSA) is 83.0 Å². The van der Waals surface area contributed by atoms with Crippen molar-refractivity contribution in [3.63, 3.8) is 0 Å². The first kappa shape index (κ1) is 21.5. The Morgan fingerprint density at radius 3 is 2.50 bits per heavy atom. The lowest BCUT2D eigenvalue weighted by molar-refractivity contribution is -0.140. The molecule has 1 N–H and O–H groups in total. The Morgan fingerprint density at radius 1 is 1.17 bits per heavy atom. The Hall–Kier alpha value is -3.19. The summed E-state index contributed by atoms with van der Waals surface area (Å²) in [4.78, 5) is 33.6. The molecule has 0 saturated carbocycles. The molecule has 7 nitrogen and oxygen atoms in total. The zero-order valence-corrected chi connectivity index (χ0v) is 17.5. The number of carbonyl (C=O) groups is 2. The van der Waals surface area contributed by atoms with Gasteiger partial charge in [-0.3, -0.25) is 14.6 Å². The third kappa shape index (κ3) is 4.21. The number of aromatic nitrogens is 1. The van der Waals surface area contributed by atoms with Crippen molar-refractivity contribution in [2.75, 3.05) is 33.3 Å². The molecule has 3 rings (SSSR count). The summed E-state index contributed by atoms with van der Waals surface area (Å²) in [6, 6.07) is 9.77. The van der Waals surface area contributed by atoms with Crippen molar-refractivity contribution in [3.05, 3.63) is 65.5 Å². The van der Waals surface area contributed by atoms with Crippen LogP contribution in [0.4, 0.5) is 0 Å². The predicted octanol–water partition coefficient (Wildman–Crippen LogP) is 2.85. The molecule has 1 aliphatic rings. The van der Waals surface area contributed by atoms with E-state index in [4.69, 9.17) is 4.74 Å². The molecule has 1 atom stereocenters. The highest BCUT2D eigenvalue weighted by atomic mass is 16.5. The zero-order valence-electron chi connectivity index (χ0n) is 17.5. The van der Waals surface area contributed by atoms with E-state index in [2.05, 4.69) is 23.7 Å². The minimum atomic E-state index is -0.691. The molecule has 1 aromatic carbocycles. The normalized spacial score (nSPS) is 18.3. The second-order valence-corrected chi connectivity index (χ2v) is 7.03. The van der Waals surface area contributed by atoms with Crippen LogP contribution in [-0.2, 0) is 9.59 Å². The number of rotatable bonds is 8. The molecule has 1 aromatic heterocycles. The van der Waals surface area contributed by atoms with Gasteiger partial charge in [0.15, 0.2) is 0 Å². The molecule has 158 valence electrons. The predicted molar refractivity (Wildman–Crippen MR) is 114 cm³/mol. The molecule has 2 heterocycles. The van der Waals surface area contributed by atoms with Crippen LogP contribution in [0, 0.1) is 0 Å². The van der Waals surface area contributed by atoms with Crippen LogP contribution in [0.15, 0.2) is 54.4 Å². The number of hydrogen-bond acceptors (Lipinski definition) is 6. The first-order valence-corrected chi connectivity index (χ1v) is 10.1. The van der Waals surface area contributed by atoms with Gasteiger partial charge >= 0.3 is 0 Å². The van der Waals surface area contributed by atoms with Crippen molar-refractivity contribution >= 4 is 17.4 Å². The number of hydrogen-bond donors (Lipinski definition) is 1. The van der Waals surface area contributed by atoms with Crippen LogP contribution in [0.3, 0.4) is 0 Å². The van der Waals surface area contributed by atoms with Crippen molar-refractivity contribution in [1.29, 1.82) is 0 Å². The van der Waals surface area contributed by atoms with E-state index < -0.39 is 17.7 Å². The van der Waals surface area contributed by atoms with Gasteiger partial charge in [0, 0.05) is 31.0 Å². The van der Waals surface area contributed by atoms with Gasteiger partial charge < -0.3 is 19.6 Å². The van der Waals surface area contributed by atoms with Crippen molar-refractivity contribution in [2.45, 2.75) is 19.9 Å². The smallest absolute Gasteiger partial charge is 0.295 e. The number of ether oxygens (including phenoxy) is 1. The maximum Gasteiger partial charge on any atom is 0.295 e. The molecular formula is C23H27N3O4. The number of likely N-dealkylation sites (tertiary alicyclic amines) is 1. The van der Waals surface area contributed by atoms with Crippen LogP contribution in [0.1, 0.15) is 31.0 Å². The lowest BCUT2D eigenvalue weighted by Crippen LogP contribution is -2.38. The number of ketones is 1. The van der Waals surface area contributed by atoms with Gasteiger partial charge in [0.05, 0.1) is 18.7 Å². The van der Waals surface area contributed by atoms with Gasteiger partial charge in [0.1, 0.15) is 11.5 Å². The summed E-state index contributed by atoms with van der Waals surface area (Å²) >= 11 is 0. The molecule has 7 heteroatoms. The highest BCUT2D eigenvalue weighted by molar-refractivity contribution is 6.46. The zero-order chi connectivity index (χ0) is 21.7. The summed E-state index contributed by atoms with van der Waals surface area (Å²) < 4.78 is 5.33. The molecule has 1 amide bonds. The number of methoxy groups -OCH3 is 1. The third-order valence-electron chi connectivity index (χ3n) is 5.45. The number of aliphatic hydroxyl groups excluding tert-OH is 1. The lowest BCUT2D eigenvalue weighted by atomic mass is 9.95. The van der Waals surface area contributed by atoms with E-state index in [0.717, 1.165) is 13.1 Å². The van der Waals surface area contributed by atoms with Crippen LogP contribution < -0.4 is 4.74 Å². The van der Waals surface area contributed by atoms with E-state index in [9.17, 15) is 14.7 Å². The van der Waals surface area contributed by atoms with Crippen molar-refractivity contribution in [3.8, 4) is 5.75 Å². The van der Waals surface area contributed by atoms with Crippen molar-refractivity contribution in [2.24, 2.45) is 0 Å². The maximum absolute atomic E-state index is 13.0. The Bertz CT molecular complexity index is 938. The molecule has 1 unspecified atom stereocenters. The van der Waals surface area contributed by atoms with Gasteiger partial charge in [-0.25, -0.2) is 0 Å². The average Bonchev–Trinajstić information content (AvgIpc) is 3.04. The average molecular weight is 409 g/mol. The van der Waals surface area contributed by atoms with E-state index in [-0.39, 0.29) is 11.3 Å². The fourth-order valence-electron chi connectivity index (χ4n) is 3.72. The van der Waals surface area contributed by atoms with E-state index in [1.165, 1.54) is 12.4 Å². The summed E-state index contributed by atoms with van der Waals surface area (Å²) in [5.74, 6) is -0.873. The largest absolute Gasteiger partial charge is 0.507 e. The van der Waals surface area contributed by atoms with Crippen LogP contribution >= 0.6 is 0 Å². The van der Waals surface area contributed by atoms with Gasteiger partial charge in [-0.1, -0.05) is 26.0 Å². The SMILES string of the molecule is CCN(CC)CCN1C(=O)C(=O)/C(=C(\O)c2ccncc2)C1c1cccc(OC)c1. The molecule has 2 aromatic rings. The number of likely N-dealkylation sites (N-methyl/N-ethyl adjacent to an activating group) is 1. The first-order chi connectivity index (χ1) is 14.5. The van der Waals surface area contributed by atoms with Crippen LogP contribution in [0.5, 0.6) is 5.75 Å². The minimum absolute atomic E-state index is 0.0824. The molecule has 0 bridgehead atoms. The van der Waals surface area contributed by atoms with Crippen LogP contribution in [0.25, 0.3) is 5.76 Å². The van der Waals surface area contributed by atoms with Gasteiger partial charge in [-0.15, -0.1) is 0 Å². The number of nitrogens with zero attached hydrogens (tertiary/aromatic N) is 3. The number of benzene rings is 1. The number of Topliss-reactive ketones (excluding diaryl/α,β-unsaturated/α-hetero) is 1. The first-order valence-electron chi connectivity index (χ1n) is 10.1. The summed E-state index contributed by atoms with van der Waals surface area (Å²) in [5.41, 5.74) is 1.24. The quantitative estimate of drug-likeness (QED) is 0.410. The number of amides is 1. The third-order valence-corrected chi connectivity index (χ3v) is 5.45. The molecule has 1 fully saturated rings. The highest BCUT2D eigenvalue weighted by Gasteiger charge is 2.46. The molecule has 0 aliphatic carbocycles. The van der Waals surface area contributed by atoms with Crippen molar-refractivity contribution in [1.82, 2.24) is 14.8 Å². The molecule has 0 spiro atoms. The standard InChI is InChI=1S/C23H27N3O4/c1-4-25(5-2)13-14-26-20(17-7-6-8-18(15-17)30-3)19(22(28)23(26)29)21(27)16-9-11-24-12-10-16/h6-12,15,20,27H,4-5,13-14H2,1-3H3/b21-19-. The number of pyridine rings is 1. The lowest BCUT2D eigenvalue weighted by Gasteiger charge is -2.28. The fourth-order valence-corrected chi connectivity index (χ4v) is 3.72. The summed E-state index contributed by atoms with van der Waals surface area (Å²) in [6.07, 6.45) is 3.07. The van der Waals surface area contributed by atoms with Gasteiger partial charge in [0.2, 0.25) is 0 Å². The summed E-state index contributed by atoms with van der Waals surface area (Å²) in [5, 5.41) is 11.0. The maximum atomic E-state index is 13.0. The minimum Gasteiger partial charge on any atom is -0.507 e. The fraction of sp³-hybridized carbons (Fsp3) is 0.348. The van der Waals surface area contributed by atoms with E-state index in [1.54, 1.807) is 36.3 Å². The molecule has 1 aliphatic heterocycles. The monoisotopic (exact) mass is 409 g/mol. The molecular weight excluding hydrogens is 382 g/mol. The van der Waals surface area contributed by atoms with E-state index in [1.807, 2.05) is 12.1 Å². The summed E-state index contributed by atoms with van der Waals surface area (Å²) in [6.45, 7) is 6.82. The second kappa shape index (κ2) is 9.54. The summed E-state index contributed by atoms with van der Waals surface area (Å²) in [7, 11) is 1.56. The number of carbonyl (C=O) groups excluding carboxylic acids is 2. The second-order valence-electron chi connectivity index (χ2n) is 7.03. The van der Waals surface area contributed by atoms with E-state index >= 15 is 0 Å². The van der Waals surface area contributed by atoms with E-state index in [0.29, 0.717) is 30.0 Å². The van der Waals surface area contributed by atoms with Crippen LogP contribution in [-0.4, -0.2) is 64.9 Å². The van der Waals surface area contributed by atoms with Gasteiger partial charge in [-0.2, -0.15) is 0 Å². The Labute approximate surface area is 176 Å². The van der Waals surface area contributed by atoms with Gasteiger partial charge in [-0.05, 0) is 42.9 Å². The molecule has 0 radical (unpaired) electrons. The molecule has 1 saturated heterocycles. The van der Waals surface area contributed by atoms with Crippen molar-refractivity contribution < 1.29 is 19.4 Å². The molecule has 30 heavy (non-hydrogen) atoms. The Balaban J connectivity index is 2.10. The number of aliphatic hydroxyl groups is 1. The highest BCUT2D eigenvalue weighted by Crippen LogP contribution is 2.40. The Kier molecular flexibility index (Phi) is 6.84. The van der Waals surface area contributed by atoms with Gasteiger partial charge in [0.25, 0.3) is 11.7 Å². The van der Waals surface area contributed by atoms with Crippen LogP contribution in [0.2, 0.25) is 0 Å². The Morgan fingerprint density at radius 2 is 1.87 bits per heavy atom.